The number of aliphatic carboxylic acids is 1. The van der Waals surface area contributed by atoms with E-state index in [1.165, 1.54) is 23.1 Å². The molecule has 0 aliphatic heterocycles. The van der Waals surface area contributed by atoms with E-state index < -0.39 is 5.97 Å². The molecule has 0 aromatic carbocycles. The van der Waals surface area contributed by atoms with Gasteiger partial charge in [0, 0.05) is 10.6 Å². The molecule has 0 saturated heterocycles. The fourth-order valence-corrected chi connectivity index (χ4v) is 3.44. The van der Waals surface area contributed by atoms with Gasteiger partial charge in [0.05, 0.1) is 4.34 Å². The van der Waals surface area contributed by atoms with Crippen LogP contribution in [0.25, 0.3) is 0 Å². The summed E-state index contributed by atoms with van der Waals surface area (Å²) < 4.78 is 0.752. The Morgan fingerprint density at radius 1 is 1.60 bits per heavy atom. The van der Waals surface area contributed by atoms with Gasteiger partial charge < -0.3 is 5.11 Å². The van der Waals surface area contributed by atoms with Crippen LogP contribution >= 0.6 is 34.7 Å². The van der Waals surface area contributed by atoms with Crippen LogP contribution in [0.15, 0.2) is 12.1 Å². The fraction of sp³-hybridized carbons (Fsp3) is 0.500. The molecular formula is C10H13ClO2S2. The highest BCUT2D eigenvalue weighted by Crippen LogP contribution is 2.29. The lowest BCUT2D eigenvalue weighted by atomic mass is 10.1. The van der Waals surface area contributed by atoms with Crippen LogP contribution in [0.3, 0.4) is 0 Å². The Morgan fingerprint density at radius 3 is 2.67 bits per heavy atom. The lowest BCUT2D eigenvalue weighted by molar-refractivity contribution is -0.137. The first-order valence-corrected chi connectivity index (χ1v) is 6.83. The number of carboxylic acids is 1. The van der Waals surface area contributed by atoms with E-state index in [0.29, 0.717) is 5.75 Å². The number of hydrogen-bond donors (Lipinski definition) is 1. The first-order chi connectivity index (χ1) is 7.00. The Balaban J connectivity index is 2.50. The third kappa shape index (κ3) is 4.05. The first kappa shape index (κ1) is 12.9. The van der Waals surface area contributed by atoms with Gasteiger partial charge in [0.25, 0.3) is 0 Å². The van der Waals surface area contributed by atoms with E-state index in [4.69, 9.17) is 16.7 Å². The van der Waals surface area contributed by atoms with Gasteiger partial charge in [0.1, 0.15) is 5.25 Å². The Hall–Kier alpha value is -0.190. The van der Waals surface area contributed by atoms with Crippen LogP contribution in [0.4, 0.5) is 0 Å². The number of thiophene rings is 1. The second kappa shape index (κ2) is 5.77. The average molecular weight is 265 g/mol. The van der Waals surface area contributed by atoms with E-state index in [2.05, 4.69) is 0 Å². The van der Waals surface area contributed by atoms with Gasteiger partial charge in [-0.15, -0.1) is 23.1 Å². The van der Waals surface area contributed by atoms with Crippen LogP contribution in [0.1, 0.15) is 18.7 Å². The molecular weight excluding hydrogens is 252 g/mol. The third-order valence-corrected chi connectivity index (χ3v) is 4.88. The summed E-state index contributed by atoms with van der Waals surface area (Å²) >= 11 is 8.75. The van der Waals surface area contributed by atoms with Crippen molar-refractivity contribution >= 4 is 40.7 Å². The standard InChI is InChI=1S/C10H13ClO2S2/c1-6(2)9(10(12)13)14-5-7-3-4-8(11)15-7/h3-4,6,9H,5H2,1-2H3,(H,12,13). The summed E-state index contributed by atoms with van der Waals surface area (Å²) in [6.45, 7) is 3.85. The molecule has 2 nitrogen and oxygen atoms in total. The minimum atomic E-state index is -0.738. The Labute approximate surface area is 103 Å². The number of hydrogen-bond acceptors (Lipinski definition) is 3. The molecule has 84 valence electrons. The van der Waals surface area contributed by atoms with Gasteiger partial charge in [-0.05, 0) is 18.1 Å². The largest absolute Gasteiger partial charge is 0.480 e. The fourth-order valence-electron chi connectivity index (χ4n) is 1.15. The molecule has 1 heterocycles. The maximum atomic E-state index is 10.9. The minimum absolute atomic E-state index is 0.142. The topological polar surface area (TPSA) is 37.3 Å². The second-order valence-electron chi connectivity index (χ2n) is 3.52. The molecule has 1 aromatic rings. The van der Waals surface area contributed by atoms with E-state index in [0.717, 1.165) is 9.21 Å². The van der Waals surface area contributed by atoms with Gasteiger partial charge in [-0.25, -0.2) is 0 Å². The van der Waals surface area contributed by atoms with E-state index in [9.17, 15) is 4.79 Å². The average Bonchev–Trinajstić information content (AvgIpc) is 2.50. The Bertz CT molecular complexity index is 336. The molecule has 15 heavy (non-hydrogen) atoms. The monoisotopic (exact) mass is 264 g/mol. The number of carboxylic acid groups (broad SMARTS) is 1. The van der Waals surface area contributed by atoms with Crippen molar-refractivity contribution < 1.29 is 9.90 Å². The summed E-state index contributed by atoms with van der Waals surface area (Å²) in [5.74, 6) is 0.118. The van der Waals surface area contributed by atoms with Crippen molar-refractivity contribution in [3.05, 3.63) is 21.3 Å². The lowest BCUT2D eigenvalue weighted by Crippen LogP contribution is -2.22. The van der Waals surface area contributed by atoms with Gasteiger partial charge in [-0.3, -0.25) is 4.79 Å². The van der Waals surface area contributed by atoms with Crippen LogP contribution in [0.5, 0.6) is 0 Å². The van der Waals surface area contributed by atoms with Crippen molar-refractivity contribution in [3.63, 3.8) is 0 Å². The van der Waals surface area contributed by atoms with Crippen molar-refractivity contribution in [1.82, 2.24) is 0 Å². The zero-order chi connectivity index (χ0) is 11.4. The van der Waals surface area contributed by atoms with E-state index in [1.54, 1.807) is 0 Å². The van der Waals surface area contributed by atoms with E-state index in [1.807, 2.05) is 26.0 Å². The van der Waals surface area contributed by atoms with Crippen LogP contribution in [-0.4, -0.2) is 16.3 Å². The van der Waals surface area contributed by atoms with Gasteiger partial charge in [-0.1, -0.05) is 25.4 Å². The molecule has 5 heteroatoms. The predicted octanol–water partition coefficient (Wildman–Crippen LogP) is 3.74. The molecule has 1 rings (SSSR count). The Kier molecular flexibility index (Phi) is 4.96. The highest BCUT2D eigenvalue weighted by Gasteiger charge is 2.21. The lowest BCUT2D eigenvalue weighted by Gasteiger charge is -2.14. The van der Waals surface area contributed by atoms with Crippen molar-refractivity contribution in [3.8, 4) is 0 Å². The smallest absolute Gasteiger partial charge is 0.316 e. The SMILES string of the molecule is CC(C)C(SCc1ccc(Cl)s1)C(=O)O. The molecule has 1 N–H and O–H groups in total. The summed E-state index contributed by atoms with van der Waals surface area (Å²) in [7, 11) is 0. The van der Waals surface area contributed by atoms with Crippen molar-refractivity contribution in [2.45, 2.75) is 24.9 Å². The van der Waals surface area contributed by atoms with Crippen molar-refractivity contribution in [2.24, 2.45) is 5.92 Å². The summed E-state index contributed by atoms with van der Waals surface area (Å²) in [6, 6.07) is 3.78. The minimum Gasteiger partial charge on any atom is -0.480 e. The molecule has 0 fully saturated rings. The molecule has 0 aliphatic carbocycles. The molecule has 0 bridgehead atoms. The van der Waals surface area contributed by atoms with Crippen LogP contribution < -0.4 is 0 Å². The van der Waals surface area contributed by atoms with Gasteiger partial charge >= 0.3 is 5.97 Å². The van der Waals surface area contributed by atoms with E-state index in [-0.39, 0.29) is 11.2 Å². The molecule has 1 unspecified atom stereocenters. The van der Waals surface area contributed by atoms with Crippen LogP contribution in [-0.2, 0) is 10.5 Å². The van der Waals surface area contributed by atoms with Gasteiger partial charge in [0.2, 0.25) is 0 Å². The molecule has 1 aromatic heterocycles. The van der Waals surface area contributed by atoms with Gasteiger partial charge in [0.15, 0.2) is 0 Å². The first-order valence-electron chi connectivity index (χ1n) is 4.59. The maximum absolute atomic E-state index is 10.9. The Morgan fingerprint density at radius 2 is 2.27 bits per heavy atom. The maximum Gasteiger partial charge on any atom is 0.316 e. The van der Waals surface area contributed by atoms with Gasteiger partial charge in [-0.2, -0.15) is 0 Å². The number of halogens is 1. The summed E-state index contributed by atoms with van der Waals surface area (Å²) in [5, 5.41) is 8.64. The van der Waals surface area contributed by atoms with Crippen molar-refractivity contribution in [2.75, 3.05) is 0 Å². The molecule has 1 atom stereocenters. The zero-order valence-electron chi connectivity index (χ0n) is 8.57. The summed E-state index contributed by atoms with van der Waals surface area (Å²) in [6.07, 6.45) is 0. The second-order valence-corrected chi connectivity index (χ2v) is 6.45. The van der Waals surface area contributed by atoms with Crippen LogP contribution in [0.2, 0.25) is 4.34 Å². The molecule has 0 saturated carbocycles. The number of rotatable bonds is 5. The summed E-state index contributed by atoms with van der Waals surface area (Å²) in [4.78, 5) is 12.0. The third-order valence-electron chi connectivity index (χ3n) is 1.88. The molecule has 0 amide bonds. The van der Waals surface area contributed by atoms with Crippen LogP contribution in [0, 0.1) is 5.92 Å². The van der Waals surface area contributed by atoms with Crippen molar-refractivity contribution in [1.29, 1.82) is 0 Å². The number of carbonyl (C=O) groups is 1. The predicted molar refractivity (Wildman–Crippen MR) is 66.9 cm³/mol. The highest BCUT2D eigenvalue weighted by molar-refractivity contribution is 7.99. The normalized spacial score (nSPS) is 13.1. The van der Waals surface area contributed by atoms with E-state index >= 15 is 0 Å². The zero-order valence-corrected chi connectivity index (χ0v) is 11.0. The number of thioether (sulfide) groups is 1. The highest BCUT2D eigenvalue weighted by atomic mass is 35.5. The molecule has 0 radical (unpaired) electrons. The molecule has 0 spiro atoms. The summed E-state index contributed by atoms with van der Waals surface area (Å²) in [5.41, 5.74) is 0. The quantitative estimate of drug-likeness (QED) is 0.880. The molecule has 0 aliphatic rings.